The van der Waals surface area contributed by atoms with Crippen LogP contribution in [0.1, 0.15) is 24.5 Å². The molecule has 8 heteroatoms. The van der Waals surface area contributed by atoms with Gasteiger partial charge in [0.15, 0.2) is 5.13 Å². The quantitative estimate of drug-likeness (QED) is 0.698. The summed E-state index contributed by atoms with van der Waals surface area (Å²) in [4.78, 5) is 13.5. The summed E-state index contributed by atoms with van der Waals surface area (Å²) in [5.74, 6) is 1.14. The molecule has 2 aliphatic rings. The highest BCUT2D eigenvalue weighted by Gasteiger charge is 2.33. The minimum absolute atomic E-state index is 0. The molecule has 1 saturated heterocycles. The number of fused-ring (bicyclic) bond motifs is 1. The van der Waals surface area contributed by atoms with Crippen molar-refractivity contribution in [3.8, 4) is 5.88 Å². The van der Waals surface area contributed by atoms with Crippen LogP contribution in [0.3, 0.4) is 0 Å². The lowest BCUT2D eigenvalue weighted by Crippen LogP contribution is -2.44. The summed E-state index contributed by atoms with van der Waals surface area (Å²) in [6, 6.07) is 8.64. The maximum Gasteiger partial charge on any atom is 0.236 e. The molecule has 2 fully saturated rings. The minimum atomic E-state index is 0. The van der Waals surface area contributed by atoms with E-state index in [1.807, 2.05) is 12.1 Å². The first kappa shape index (κ1) is 17.5. The van der Waals surface area contributed by atoms with Crippen LogP contribution in [0.4, 0.5) is 5.13 Å². The molecule has 3 heterocycles. The Morgan fingerprint density at radius 1 is 1.12 bits per heavy atom. The number of hydrogen-bond donors (Lipinski definition) is 2. The molecule has 26 heavy (non-hydrogen) atoms. The van der Waals surface area contributed by atoms with Gasteiger partial charge in [-0.2, -0.15) is 0 Å². The molecule has 2 aromatic heterocycles. The Labute approximate surface area is 161 Å². The number of para-hydroxylation sites is 1. The molecule has 0 amide bonds. The van der Waals surface area contributed by atoms with Crippen LogP contribution in [0.5, 0.6) is 5.88 Å². The predicted molar refractivity (Wildman–Crippen MR) is 106 cm³/mol. The van der Waals surface area contributed by atoms with Gasteiger partial charge < -0.3 is 15.4 Å². The molecule has 0 atom stereocenters. The zero-order valence-electron chi connectivity index (χ0n) is 14.1. The highest BCUT2D eigenvalue weighted by molar-refractivity contribution is 7.22. The smallest absolute Gasteiger partial charge is 0.236 e. The Morgan fingerprint density at radius 3 is 2.69 bits per heavy atom. The van der Waals surface area contributed by atoms with Gasteiger partial charge in [0.25, 0.3) is 0 Å². The van der Waals surface area contributed by atoms with Gasteiger partial charge in [-0.1, -0.05) is 23.5 Å². The predicted octanol–water partition coefficient (Wildman–Crippen LogP) is 3.22. The Bertz CT molecular complexity index is 861. The Hall–Kier alpha value is -1.96. The van der Waals surface area contributed by atoms with Gasteiger partial charge in [-0.3, -0.25) is 4.98 Å². The summed E-state index contributed by atoms with van der Waals surface area (Å²) in [5.41, 5.74) is 2.05. The number of nitrogens with one attached hydrogen (secondary N) is 2. The fourth-order valence-corrected chi connectivity index (χ4v) is 4.18. The molecule has 136 valence electrons. The Balaban J connectivity index is 0.00000168. The van der Waals surface area contributed by atoms with Crippen LogP contribution in [-0.4, -0.2) is 40.2 Å². The highest BCUT2D eigenvalue weighted by Crippen LogP contribution is 2.33. The van der Waals surface area contributed by atoms with Gasteiger partial charge in [-0.15, -0.1) is 12.4 Å². The van der Waals surface area contributed by atoms with Crippen LogP contribution in [0.25, 0.3) is 10.2 Å². The topological polar surface area (TPSA) is 72.0 Å². The Morgan fingerprint density at radius 2 is 1.92 bits per heavy atom. The maximum atomic E-state index is 6.11. The zero-order chi connectivity index (χ0) is 16.6. The third-order valence-corrected chi connectivity index (χ3v) is 5.82. The number of rotatable bonds is 5. The maximum absolute atomic E-state index is 6.11. The van der Waals surface area contributed by atoms with E-state index in [1.165, 1.54) is 4.70 Å². The van der Waals surface area contributed by atoms with Crippen molar-refractivity contribution in [3.05, 3.63) is 42.4 Å². The van der Waals surface area contributed by atoms with Crippen LogP contribution < -0.4 is 15.4 Å². The normalized spacial score (nSPS) is 22.2. The van der Waals surface area contributed by atoms with E-state index in [2.05, 4.69) is 37.7 Å². The summed E-state index contributed by atoms with van der Waals surface area (Å²) in [6.45, 7) is 1.92. The number of thiazole rings is 1. The van der Waals surface area contributed by atoms with Crippen molar-refractivity contribution in [1.82, 2.24) is 20.3 Å². The van der Waals surface area contributed by atoms with Crippen LogP contribution in [0, 0.1) is 0 Å². The second kappa shape index (κ2) is 7.34. The molecule has 5 rings (SSSR count). The molecule has 0 unspecified atom stereocenters. The van der Waals surface area contributed by atoms with E-state index in [0.29, 0.717) is 17.8 Å². The first-order valence-electron chi connectivity index (χ1n) is 8.65. The summed E-state index contributed by atoms with van der Waals surface area (Å²) >= 11 is 1.70. The third kappa shape index (κ3) is 3.34. The van der Waals surface area contributed by atoms with Crippen molar-refractivity contribution in [2.24, 2.45) is 0 Å². The van der Waals surface area contributed by atoms with E-state index < -0.39 is 0 Å². The minimum Gasteiger partial charge on any atom is -0.473 e. The van der Waals surface area contributed by atoms with Crippen LogP contribution >= 0.6 is 23.7 Å². The average molecular weight is 390 g/mol. The van der Waals surface area contributed by atoms with Crippen LogP contribution in [0.15, 0.2) is 36.7 Å². The summed E-state index contributed by atoms with van der Waals surface area (Å²) < 4.78 is 7.32. The molecular weight excluding hydrogens is 370 g/mol. The van der Waals surface area contributed by atoms with E-state index in [0.717, 1.165) is 42.3 Å². The SMILES string of the molecule is Cl.c1ccc2sc(N[C@H]3C[C@H](Oc4nccnc4C4CNC4)C3)nc2c1. The van der Waals surface area contributed by atoms with Crippen molar-refractivity contribution in [2.45, 2.75) is 30.9 Å². The summed E-state index contributed by atoms with van der Waals surface area (Å²) in [6.07, 6.45) is 5.60. The highest BCUT2D eigenvalue weighted by atomic mass is 35.5. The first-order valence-corrected chi connectivity index (χ1v) is 9.47. The van der Waals surface area contributed by atoms with Gasteiger partial charge in [0, 0.05) is 50.3 Å². The molecule has 1 saturated carbocycles. The van der Waals surface area contributed by atoms with Crippen LogP contribution in [0.2, 0.25) is 0 Å². The van der Waals surface area contributed by atoms with Gasteiger partial charge in [-0.25, -0.2) is 9.97 Å². The molecule has 3 aromatic rings. The lowest BCUT2D eigenvalue weighted by molar-refractivity contribution is 0.0996. The van der Waals surface area contributed by atoms with Crippen molar-refractivity contribution >= 4 is 39.1 Å². The van der Waals surface area contributed by atoms with Gasteiger partial charge in [-0.05, 0) is 12.1 Å². The van der Waals surface area contributed by atoms with E-state index >= 15 is 0 Å². The van der Waals surface area contributed by atoms with E-state index in [1.54, 1.807) is 23.7 Å². The van der Waals surface area contributed by atoms with Crippen molar-refractivity contribution in [2.75, 3.05) is 18.4 Å². The number of nitrogens with zero attached hydrogens (tertiary/aromatic N) is 3. The monoisotopic (exact) mass is 389 g/mol. The van der Waals surface area contributed by atoms with Gasteiger partial charge in [0.2, 0.25) is 5.88 Å². The number of anilines is 1. The van der Waals surface area contributed by atoms with E-state index in [-0.39, 0.29) is 18.5 Å². The molecule has 2 N–H and O–H groups in total. The van der Waals surface area contributed by atoms with Gasteiger partial charge in [0.1, 0.15) is 11.8 Å². The van der Waals surface area contributed by atoms with E-state index in [4.69, 9.17) is 4.74 Å². The van der Waals surface area contributed by atoms with Crippen molar-refractivity contribution < 1.29 is 4.74 Å². The molecule has 0 bridgehead atoms. The Kier molecular flexibility index (Phi) is 4.93. The average Bonchev–Trinajstić information content (AvgIpc) is 2.95. The molecule has 6 nitrogen and oxygen atoms in total. The van der Waals surface area contributed by atoms with E-state index in [9.17, 15) is 0 Å². The molecule has 1 aliphatic carbocycles. The lowest BCUT2D eigenvalue weighted by atomic mass is 9.89. The summed E-state index contributed by atoms with van der Waals surface area (Å²) in [7, 11) is 0. The molecule has 0 radical (unpaired) electrons. The second-order valence-corrected chi connectivity index (χ2v) is 7.67. The molecular formula is C18H20ClN5OS. The molecule has 1 aliphatic heterocycles. The van der Waals surface area contributed by atoms with Gasteiger partial charge in [0.05, 0.1) is 10.2 Å². The second-order valence-electron chi connectivity index (χ2n) is 6.64. The lowest BCUT2D eigenvalue weighted by Gasteiger charge is -2.36. The number of hydrogen-bond acceptors (Lipinski definition) is 7. The third-order valence-electron chi connectivity index (χ3n) is 4.85. The zero-order valence-corrected chi connectivity index (χ0v) is 15.7. The van der Waals surface area contributed by atoms with Crippen molar-refractivity contribution in [3.63, 3.8) is 0 Å². The fraction of sp³-hybridized carbons (Fsp3) is 0.389. The largest absolute Gasteiger partial charge is 0.473 e. The summed E-state index contributed by atoms with van der Waals surface area (Å²) in [5, 5.41) is 7.79. The standard InChI is InChI=1S/C18H19N5OS.ClH/c1-2-4-15-14(3-1)23-18(25-15)22-12-7-13(8-12)24-17-16(11-9-19-10-11)20-5-6-21-17;/h1-6,11-13,19H,7-10H2,(H,22,23);1H/t12-,13-;. The fourth-order valence-electron chi connectivity index (χ4n) is 3.24. The molecule has 1 aromatic carbocycles. The van der Waals surface area contributed by atoms with Crippen LogP contribution in [-0.2, 0) is 0 Å². The molecule has 0 spiro atoms. The first-order chi connectivity index (χ1) is 12.3. The number of ether oxygens (including phenoxy) is 1. The van der Waals surface area contributed by atoms with Gasteiger partial charge >= 0.3 is 0 Å². The number of halogens is 1. The number of benzene rings is 1. The van der Waals surface area contributed by atoms with Crippen molar-refractivity contribution in [1.29, 1.82) is 0 Å². The number of aromatic nitrogens is 3.